The Morgan fingerprint density at radius 2 is 2.00 bits per heavy atom. The Bertz CT molecular complexity index is 488. The van der Waals surface area contributed by atoms with Crippen molar-refractivity contribution in [2.75, 3.05) is 13.2 Å². The first-order chi connectivity index (χ1) is 10.8. The number of benzene rings is 1. The molecule has 0 radical (unpaired) electrons. The standard InChI is InChI=1S/C19H31NO3/c1-5-18(4)13-19(21,10-11-22-18)14-20-12-16-6-8-17(9-7-16)23-15(2)3/h6-9,15,20-21H,5,10-14H2,1-4H3/p+1/t18-,19-/m1/s1. The molecule has 1 heterocycles. The highest BCUT2D eigenvalue weighted by molar-refractivity contribution is 5.26. The van der Waals surface area contributed by atoms with Crippen LogP contribution in [0.3, 0.4) is 0 Å². The number of aliphatic hydroxyl groups is 1. The summed E-state index contributed by atoms with van der Waals surface area (Å²) in [6, 6.07) is 8.22. The molecule has 1 saturated heterocycles. The summed E-state index contributed by atoms with van der Waals surface area (Å²) in [5.74, 6) is 0.908. The molecule has 0 spiro atoms. The number of rotatable bonds is 7. The topological polar surface area (TPSA) is 55.3 Å². The first-order valence-electron chi connectivity index (χ1n) is 8.78. The van der Waals surface area contributed by atoms with Gasteiger partial charge in [-0.25, -0.2) is 0 Å². The third kappa shape index (κ3) is 5.48. The Hall–Kier alpha value is -1.10. The third-order valence-electron chi connectivity index (χ3n) is 4.67. The van der Waals surface area contributed by atoms with Crippen LogP contribution >= 0.6 is 0 Å². The summed E-state index contributed by atoms with van der Waals surface area (Å²) in [6.45, 7) is 10.5. The molecule has 1 aliphatic heterocycles. The van der Waals surface area contributed by atoms with Gasteiger partial charge in [0.25, 0.3) is 0 Å². The van der Waals surface area contributed by atoms with Gasteiger partial charge in [-0.05, 0) is 51.5 Å². The van der Waals surface area contributed by atoms with Crippen LogP contribution in [-0.4, -0.2) is 35.6 Å². The highest BCUT2D eigenvalue weighted by atomic mass is 16.5. The molecule has 3 N–H and O–H groups in total. The first-order valence-corrected chi connectivity index (χ1v) is 8.78. The van der Waals surface area contributed by atoms with Crippen LogP contribution in [0.5, 0.6) is 5.75 Å². The normalized spacial score (nSPS) is 28.1. The molecule has 4 nitrogen and oxygen atoms in total. The van der Waals surface area contributed by atoms with Crippen LogP contribution in [0.15, 0.2) is 24.3 Å². The second-order valence-electron chi connectivity index (χ2n) is 7.31. The van der Waals surface area contributed by atoms with Crippen molar-refractivity contribution >= 4 is 0 Å². The summed E-state index contributed by atoms with van der Waals surface area (Å²) in [5.41, 5.74) is 0.440. The zero-order chi connectivity index (χ0) is 16.9. The number of hydrogen-bond donors (Lipinski definition) is 2. The van der Waals surface area contributed by atoms with Crippen molar-refractivity contribution < 1.29 is 19.9 Å². The van der Waals surface area contributed by atoms with E-state index in [4.69, 9.17) is 9.47 Å². The lowest BCUT2D eigenvalue weighted by Crippen LogP contribution is -2.87. The van der Waals surface area contributed by atoms with Gasteiger partial charge in [0, 0.05) is 18.4 Å². The zero-order valence-corrected chi connectivity index (χ0v) is 15.0. The van der Waals surface area contributed by atoms with Gasteiger partial charge in [-0.1, -0.05) is 6.92 Å². The van der Waals surface area contributed by atoms with Gasteiger partial charge in [0.2, 0.25) is 0 Å². The van der Waals surface area contributed by atoms with Crippen LogP contribution in [0, 0.1) is 0 Å². The van der Waals surface area contributed by atoms with E-state index in [-0.39, 0.29) is 11.7 Å². The fraction of sp³-hybridized carbons (Fsp3) is 0.684. The van der Waals surface area contributed by atoms with E-state index in [1.807, 2.05) is 26.0 Å². The van der Waals surface area contributed by atoms with E-state index in [1.54, 1.807) is 0 Å². The van der Waals surface area contributed by atoms with Gasteiger partial charge in [0.1, 0.15) is 24.4 Å². The maximum absolute atomic E-state index is 10.8. The van der Waals surface area contributed by atoms with Crippen LogP contribution in [-0.2, 0) is 11.3 Å². The van der Waals surface area contributed by atoms with Crippen LogP contribution in [0.2, 0.25) is 0 Å². The minimum absolute atomic E-state index is 0.184. The van der Waals surface area contributed by atoms with Crippen molar-refractivity contribution in [1.29, 1.82) is 0 Å². The quantitative estimate of drug-likeness (QED) is 0.809. The average molecular weight is 322 g/mol. The highest BCUT2D eigenvalue weighted by Gasteiger charge is 2.42. The predicted octanol–water partition coefficient (Wildman–Crippen LogP) is 2.25. The van der Waals surface area contributed by atoms with E-state index in [0.29, 0.717) is 13.0 Å². The molecule has 0 aliphatic carbocycles. The minimum atomic E-state index is -0.621. The first kappa shape index (κ1) is 18.2. The molecule has 0 bridgehead atoms. The maximum Gasteiger partial charge on any atom is 0.119 e. The van der Waals surface area contributed by atoms with Crippen LogP contribution in [0.25, 0.3) is 0 Å². The predicted molar refractivity (Wildman–Crippen MR) is 91.5 cm³/mol. The van der Waals surface area contributed by atoms with E-state index in [0.717, 1.165) is 31.7 Å². The average Bonchev–Trinajstić information content (AvgIpc) is 2.48. The molecule has 0 unspecified atom stereocenters. The van der Waals surface area contributed by atoms with Gasteiger partial charge in [0.15, 0.2) is 0 Å². The lowest BCUT2D eigenvalue weighted by molar-refractivity contribution is -0.684. The fourth-order valence-corrected chi connectivity index (χ4v) is 3.21. The Morgan fingerprint density at radius 3 is 2.61 bits per heavy atom. The molecule has 2 rings (SSSR count). The van der Waals surface area contributed by atoms with Gasteiger partial charge >= 0.3 is 0 Å². The Labute approximate surface area is 140 Å². The molecule has 130 valence electrons. The number of nitrogens with two attached hydrogens (primary N) is 1. The SMILES string of the molecule is CC[C@]1(C)C[C@@](O)(C[NH2+]Cc2ccc(OC(C)C)cc2)CCO1. The zero-order valence-electron chi connectivity index (χ0n) is 15.0. The van der Waals surface area contributed by atoms with E-state index in [9.17, 15) is 5.11 Å². The van der Waals surface area contributed by atoms with E-state index < -0.39 is 5.60 Å². The molecule has 4 heteroatoms. The summed E-state index contributed by atoms with van der Waals surface area (Å²) in [5, 5.41) is 13.0. The third-order valence-corrected chi connectivity index (χ3v) is 4.67. The molecule has 1 aliphatic rings. The van der Waals surface area contributed by atoms with Crippen LogP contribution in [0.4, 0.5) is 0 Å². The smallest absolute Gasteiger partial charge is 0.119 e. The maximum atomic E-state index is 10.8. The number of ether oxygens (including phenoxy) is 2. The number of quaternary nitrogens is 1. The van der Waals surface area contributed by atoms with Crippen LogP contribution in [0.1, 0.15) is 52.5 Å². The Morgan fingerprint density at radius 1 is 1.30 bits per heavy atom. The van der Waals surface area contributed by atoms with Crippen LogP contribution < -0.4 is 10.1 Å². The number of hydrogen-bond acceptors (Lipinski definition) is 3. The fourth-order valence-electron chi connectivity index (χ4n) is 3.21. The highest BCUT2D eigenvalue weighted by Crippen LogP contribution is 2.33. The second kappa shape index (κ2) is 7.65. The van der Waals surface area contributed by atoms with Gasteiger partial charge in [-0.3, -0.25) is 0 Å². The van der Waals surface area contributed by atoms with E-state index in [1.165, 1.54) is 5.56 Å². The van der Waals surface area contributed by atoms with Crippen molar-refractivity contribution in [2.24, 2.45) is 0 Å². The molecule has 2 atom stereocenters. The van der Waals surface area contributed by atoms with E-state index >= 15 is 0 Å². The second-order valence-corrected chi connectivity index (χ2v) is 7.31. The van der Waals surface area contributed by atoms with Crippen molar-refractivity contribution in [3.63, 3.8) is 0 Å². The summed E-state index contributed by atoms with van der Waals surface area (Å²) >= 11 is 0. The Balaban J connectivity index is 1.82. The summed E-state index contributed by atoms with van der Waals surface area (Å²) in [7, 11) is 0. The van der Waals surface area contributed by atoms with Crippen molar-refractivity contribution in [1.82, 2.24) is 0 Å². The summed E-state index contributed by atoms with van der Waals surface area (Å²) in [6.07, 6.45) is 2.57. The molecule has 0 saturated carbocycles. The lowest BCUT2D eigenvalue weighted by Gasteiger charge is -2.42. The molecule has 0 amide bonds. The van der Waals surface area contributed by atoms with E-state index in [2.05, 4.69) is 31.3 Å². The molecule has 1 aromatic carbocycles. The molecule has 1 aromatic rings. The van der Waals surface area contributed by atoms with Crippen molar-refractivity contribution in [2.45, 2.75) is 70.8 Å². The summed E-state index contributed by atoms with van der Waals surface area (Å²) < 4.78 is 11.5. The van der Waals surface area contributed by atoms with Crippen molar-refractivity contribution in [3.05, 3.63) is 29.8 Å². The summed E-state index contributed by atoms with van der Waals surface area (Å²) in [4.78, 5) is 0. The largest absolute Gasteiger partial charge is 0.491 e. The molecule has 1 fully saturated rings. The van der Waals surface area contributed by atoms with Gasteiger partial charge in [-0.15, -0.1) is 0 Å². The van der Waals surface area contributed by atoms with Gasteiger partial charge < -0.3 is 19.9 Å². The minimum Gasteiger partial charge on any atom is -0.491 e. The molecular formula is C19H32NO3+. The molecule has 0 aromatic heterocycles. The van der Waals surface area contributed by atoms with Gasteiger partial charge in [0.05, 0.1) is 18.3 Å². The van der Waals surface area contributed by atoms with Crippen molar-refractivity contribution in [3.8, 4) is 5.75 Å². The lowest BCUT2D eigenvalue weighted by atomic mass is 9.82. The molecular weight excluding hydrogens is 290 g/mol. The Kier molecular flexibility index (Phi) is 6.06. The van der Waals surface area contributed by atoms with Gasteiger partial charge in [-0.2, -0.15) is 0 Å². The molecule has 23 heavy (non-hydrogen) atoms. The monoisotopic (exact) mass is 322 g/mol.